The van der Waals surface area contributed by atoms with Crippen molar-refractivity contribution < 1.29 is 5.11 Å². The van der Waals surface area contributed by atoms with E-state index in [0.717, 1.165) is 11.8 Å². The summed E-state index contributed by atoms with van der Waals surface area (Å²) in [4.78, 5) is 0. The van der Waals surface area contributed by atoms with Gasteiger partial charge >= 0.3 is 0 Å². The maximum Gasteiger partial charge on any atom is 0.0487 e. The highest BCUT2D eigenvalue weighted by molar-refractivity contribution is 4.94. The Kier molecular flexibility index (Phi) is 2.16. The van der Waals surface area contributed by atoms with Gasteiger partial charge in [0.25, 0.3) is 0 Å². The van der Waals surface area contributed by atoms with Crippen LogP contribution in [0.3, 0.4) is 0 Å². The molecule has 1 heteroatoms. The fraction of sp³-hybridized carbons (Fsp3) is 1.00. The number of aliphatic hydroxyl groups excluding tert-OH is 1. The van der Waals surface area contributed by atoms with Gasteiger partial charge in [0, 0.05) is 6.61 Å². The highest BCUT2D eigenvalue weighted by Crippen LogP contribution is 2.52. The van der Waals surface area contributed by atoms with Gasteiger partial charge in [-0.25, -0.2) is 0 Å². The van der Waals surface area contributed by atoms with Crippen molar-refractivity contribution in [1.29, 1.82) is 0 Å². The van der Waals surface area contributed by atoms with E-state index in [-0.39, 0.29) is 5.41 Å². The van der Waals surface area contributed by atoms with E-state index in [1.54, 1.807) is 0 Å². The molecule has 2 aliphatic carbocycles. The van der Waals surface area contributed by atoms with Gasteiger partial charge in [0.2, 0.25) is 0 Å². The van der Waals surface area contributed by atoms with E-state index >= 15 is 0 Å². The molecule has 3 atom stereocenters. The normalized spacial score (nSPS) is 47.5. The Morgan fingerprint density at radius 2 is 2.00 bits per heavy atom. The third kappa shape index (κ3) is 1.19. The highest BCUT2D eigenvalue weighted by Gasteiger charge is 2.44. The van der Waals surface area contributed by atoms with Gasteiger partial charge in [0.15, 0.2) is 0 Å². The Hall–Kier alpha value is -0.0400. The molecular formula is C11H20O. The summed E-state index contributed by atoms with van der Waals surface area (Å²) in [6.07, 6.45) is 8.28. The monoisotopic (exact) mass is 168 g/mol. The van der Waals surface area contributed by atoms with Gasteiger partial charge < -0.3 is 5.11 Å². The van der Waals surface area contributed by atoms with Crippen molar-refractivity contribution in [2.75, 3.05) is 6.61 Å². The first-order chi connectivity index (χ1) is 5.76. The van der Waals surface area contributed by atoms with Gasteiger partial charge in [-0.1, -0.05) is 26.2 Å². The van der Waals surface area contributed by atoms with Crippen LogP contribution >= 0.6 is 0 Å². The van der Waals surface area contributed by atoms with Gasteiger partial charge in [-0.3, -0.25) is 0 Å². The number of aliphatic hydroxyl groups is 1. The minimum absolute atomic E-state index is 0.283. The lowest BCUT2D eigenvalue weighted by Gasteiger charge is -2.35. The number of hydrogen-bond acceptors (Lipinski definition) is 1. The fourth-order valence-corrected chi connectivity index (χ4v) is 3.37. The first kappa shape index (κ1) is 8.55. The molecule has 70 valence electrons. The molecule has 12 heavy (non-hydrogen) atoms. The second-order valence-electron chi connectivity index (χ2n) is 5.00. The predicted octanol–water partition coefficient (Wildman–Crippen LogP) is 2.59. The topological polar surface area (TPSA) is 20.2 Å². The average molecular weight is 168 g/mol. The Labute approximate surface area is 75.2 Å². The zero-order valence-electron chi connectivity index (χ0n) is 8.05. The summed E-state index contributed by atoms with van der Waals surface area (Å²) in [7, 11) is 0. The Balaban J connectivity index is 2.10. The molecule has 0 aromatic heterocycles. The van der Waals surface area contributed by atoms with Gasteiger partial charge in [-0.05, 0) is 36.5 Å². The van der Waals surface area contributed by atoms with Crippen molar-refractivity contribution in [3.8, 4) is 0 Å². The van der Waals surface area contributed by atoms with Gasteiger partial charge in [0.05, 0.1) is 0 Å². The molecule has 1 nitrogen and oxygen atoms in total. The molecule has 0 aromatic rings. The van der Waals surface area contributed by atoms with Crippen LogP contribution in [0.5, 0.6) is 0 Å². The molecule has 0 aromatic carbocycles. The van der Waals surface area contributed by atoms with E-state index in [4.69, 9.17) is 0 Å². The standard InChI is InChI=1S/C11H20O/c1-11(8-12)7-6-9-4-2-3-5-10(9)11/h9-10,12H,2-8H2,1H3. The van der Waals surface area contributed by atoms with Crippen LogP contribution in [0.15, 0.2) is 0 Å². The molecule has 0 aliphatic heterocycles. The fourth-order valence-electron chi connectivity index (χ4n) is 3.37. The Morgan fingerprint density at radius 3 is 2.75 bits per heavy atom. The van der Waals surface area contributed by atoms with Crippen LogP contribution in [-0.4, -0.2) is 11.7 Å². The average Bonchev–Trinajstić information content (AvgIpc) is 2.46. The van der Waals surface area contributed by atoms with Gasteiger partial charge in [-0.2, -0.15) is 0 Å². The quantitative estimate of drug-likeness (QED) is 0.638. The Morgan fingerprint density at radius 1 is 1.25 bits per heavy atom. The number of hydrogen-bond donors (Lipinski definition) is 1. The summed E-state index contributed by atoms with van der Waals surface area (Å²) >= 11 is 0. The van der Waals surface area contributed by atoms with E-state index < -0.39 is 0 Å². The maximum absolute atomic E-state index is 9.36. The predicted molar refractivity (Wildman–Crippen MR) is 49.9 cm³/mol. The van der Waals surface area contributed by atoms with Crippen LogP contribution in [0, 0.1) is 17.3 Å². The lowest BCUT2D eigenvalue weighted by Crippen LogP contribution is -2.30. The van der Waals surface area contributed by atoms with Crippen molar-refractivity contribution in [1.82, 2.24) is 0 Å². The number of rotatable bonds is 1. The molecule has 2 rings (SSSR count). The highest BCUT2D eigenvalue weighted by atomic mass is 16.3. The molecule has 0 saturated heterocycles. The van der Waals surface area contributed by atoms with Crippen molar-refractivity contribution in [2.24, 2.45) is 17.3 Å². The largest absolute Gasteiger partial charge is 0.396 e. The molecule has 0 amide bonds. The van der Waals surface area contributed by atoms with Crippen LogP contribution < -0.4 is 0 Å². The van der Waals surface area contributed by atoms with Crippen LogP contribution in [0.2, 0.25) is 0 Å². The van der Waals surface area contributed by atoms with Crippen LogP contribution in [0.1, 0.15) is 45.4 Å². The van der Waals surface area contributed by atoms with Gasteiger partial charge in [0.1, 0.15) is 0 Å². The third-order valence-electron chi connectivity index (χ3n) is 4.25. The summed E-state index contributed by atoms with van der Waals surface area (Å²) in [5, 5.41) is 9.36. The maximum atomic E-state index is 9.36. The minimum atomic E-state index is 0.283. The van der Waals surface area contributed by atoms with E-state index in [1.165, 1.54) is 38.5 Å². The lowest BCUT2D eigenvalue weighted by atomic mass is 9.71. The molecule has 2 fully saturated rings. The smallest absolute Gasteiger partial charge is 0.0487 e. The van der Waals surface area contributed by atoms with Crippen molar-refractivity contribution in [2.45, 2.75) is 45.4 Å². The van der Waals surface area contributed by atoms with E-state index in [0.29, 0.717) is 6.61 Å². The zero-order chi connectivity index (χ0) is 8.60. The van der Waals surface area contributed by atoms with Crippen molar-refractivity contribution in [3.63, 3.8) is 0 Å². The molecule has 0 radical (unpaired) electrons. The molecule has 0 bridgehead atoms. The van der Waals surface area contributed by atoms with E-state index in [2.05, 4.69) is 6.92 Å². The van der Waals surface area contributed by atoms with Gasteiger partial charge in [-0.15, -0.1) is 0 Å². The first-order valence-corrected chi connectivity index (χ1v) is 5.37. The summed E-state index contributed by atoms with van der Waals surface area (Å²) in [6.45, 7) is 2.69. The van der Waals surface area contributed by atoms with Crippen molar-refractivity contribution in [3.05, 3.63) is 0 Å². The molecule has 1 N–H and O–H groups in total. The van der Waals surface area contributed by atoms with Crippen LogP contribution in [0.25, 0.3) is 0 Å². The Bertz CT molecular complexity index is 166. The van der Waals surface area contributed by atoms with E-state index in [1.807, 2.05) is 0 Å². The lowest BCUT2D eigenvalue weighted by molar-refractivity contribution is 0.0695. The van der Waals surface area contributed by atoms with E-state index in [9.17, 15) is 5.11 Å². The molecule has 3 unspecified atom stereocenters. The zero-order valence-corrected chi connectivity index (χ0v) is 8.05. The number of fused-ring (bicyclic) bond motifs is 1. The summed E-state index contributed by atoms with van der Waals surface area (Å²) < 4.78 is 0. The SMILES string of the molecule is CC1(CO)CCC2CCCCC21. The molecule has 0 spiro atoms. The summed E-state index contributed by atoms with van der Waals surface area (Å²) in [5.74, 6) is 1.80. The van der Waals surface area contributed by atoms with Crippen molar-refractivity contribution >= 4 is 0 Å². The molecule has 2 aliphatic rings. The first-order valence-electron chi connectivity index (χ1n) is 5.37. The van der Waals surface area contributed by atoms with Crippen LogP contribution in [0.4, 0.5) is 0 Å². The molecule has 0 heterocycles. The van der Waals surface area contributed by atoms with Crippen LogP contribution in [-0.2, 0) is 0 Å². The summed E-state index contributed by atoms with van der Waals surface area (Å²) in [5.41, 5.74) is 0.283. The second kappa shape index (κ2) is 3.02. The second-order valence-corrected chi connectivity index (χ2v) is 5.00. The molecule has 2 saturated carbocycles. The minimum Gasteiger partial charge on any atom is -0.396 e. The summed E-state index contributed by atoms with van der Waals surface area (Å²) in [6, 6.07) is 0. The third-order valence-corrected chi connectivity index (χ3v) is 4.25. The molecular weight excluding hydrogens is 148 g/mol.